The molecule has 0 saturated heterocycles. The van der Waals surface area contributed by atoms with Crippen LogP contribution < -0.4 is 5.32 Å². The zero-order valence-electron chi connectivity index (χ0n) is 13.4. The Hall–Kier alpha value is -0.410. The number of aryl methyl sites for hydroxylation is 2. The van der Waals surface area contributed by atoms with Gasteiger partial charge in [-0.3, -0.25) is 0 Å². The van der Waals surface area contributed by atoms with Crippen molar-refractivity contribution >= 4 is 11.3 Å². The van der Waals surface area contributed by atoms with Gasteiger partial charge in [0.25, 0.3) is 0 Å². The molecule has 1 unspecified atom stereocenters. The fourth-order valence-corrected chi connectivity index (χ4v) is 3.80. The minimum Gasteiger partial charge on any atom is -0.305 e. The van der Waals surface area contributed by atoms with E-state index in [-0.39, 0.29) is 0 Å². The van der Waals surface area contributed by atoms with E-state index in [2.05, 4.69) is 26.1 Å². The molecule has 1 aliphatic carbocycles. The Kier molecular flexibility index (Phi) is 6.50. The topological polar surface area (TPSA) is 24.9 Å². The first-order valence-corrected chi connectivity index (χ1v) is 9.28. The van der Waals surface area contributed by atoms with Gasteiger partial charge in [0, 0.05) is 10.9 Å². The molecule has 1 fully saturated rings. The summed E-state index contributed by atoms with van der Waals surface area (Å²) in [5, 5.41) is 5.15. The third kappa shape index (κ3) is 4.85. The molecule has 0 radical (unpaired) electrons. The zero-order chi connectivity index (χ0) is 14.4. The minimum atomic E-state index is 0.508. The maximum atomic E-state index is 4.88. The minimum absolute atomic E-state index is 0.508. The summed E-state index contributed by atoms with van der Waals surface area (Å²) in [4.78, 5) is 6.29. The van der Waals surface area contributed by atoms with Gasteiger partial charge >= 0.3 is 0 Å². The SMILES string of the molecule is CCCCCCCC(NC1CC1)c1nc(CC)c(C)s1. The Balaban J connectivity index is 1.88. The summed E-state index contributed by atoms with van der Waals surface area (Å²) in [6.45, 7) is 6.71. The summed E-state index contributed by atoms with van der Waals surface area (Å²) in [7, 11) is 0. The fourth-order valence-electron chi connectivity index (χ4n) is 2.69. The van der Waals surface area contributed by atoms with Crippen molar-refractivity contribution < 1.29 is 0 Å². The molecule has 0 aliphatic heterocycles. The maximum absolute atomic E-state index is 4.88. The number of hydrogen-bond acceptors (Lipinski definition) is 3. The molecule has 0 amide bonds. The number of nitrogens with one attached hydrogen (secondary N) is 1. The van der Waals surface area contributed by atoms with Gasteiger partial charge in [0.05, 0.1) is 11.7 Å². The quantitative estimate of drug-likeness (QED) is 0.602. The molecule has 0 spiro atoms. The second-order valence-electron chi connectivity index (χ2n) is 6.10. The maximum Gasteiger partial charge on any atom is 0.110 e. The third-order valence-corrected chi connectivity index (χ3v) is 5.28. The predicted molar refractivity (Wildman–Crippen MR) is 88.5 cm³/mol. The lowest BCUT2D eigenvalue weighted by Crippen LogP contribution is -2.23. The Morgan fingerprint density at radius 3 is 2.55 bits per heavy atom. The monoisotopic (exact) mass is 294 g/mol. The molecule has 1 N–H and O–H groups in total. The molecule has 1 aromatic rings. The second kappa shape index (κ2) is 8.14. The van der Waals surface area contributed by atoms with E-state index in [0.29, 0.717) is 6.04 Å². The van der Waals surface area contributed by atoms with Crippen LogP contribution in [-0.2, 0) is 6.42 Å². The number of hydrogen-bond donors (Lipinski definition) is 1. The van der Waals surface area contributed by atoms with Gasteiger partial charge in [-0.1, -0.05) is 46.0 Å². The van der Waals surface area contributed by atoms with Crippen molar-refractivity contribution in [1.29, 1.82) is 0 Å². The molecular formula is C17H30N2S. The molecule has 114 valence electrons. The van der Waals surface area contributed by atoms with Gasteiger partial charge < -0.3 is 5.32 Å². The molecule has 0 bridgehead atoms. The van der Waals surface area contributed by atoms with E-state index < -0.39 is 0 Å². The van der Waals surface area contributed by atoms with Crippen LogP contribution in [0.1, 0.15) is 86.8 Å². The molecule has 20 heavy (non-hydrogen) atoms. The normalized spacial score (nSPS) is 16.6. The summed E-state index contributed by atoms with van der Waals surface area (Å²) in [5.41, 5.74) is 1.30. The van der Waals surface area contributed by atoms with E-state index >= 15 is 0 Å². The summed E-state index contributed by atoms with van der Waals surface area (Å²) < 4.78 is 0. The number of thiazole rings is 1. The molecule has 1 atom stereocenters. The highest BCUT2D eigenvalue weighted by Crippen LogP contribution is 2.31. The van der Waals surface area contributed by atoms with Gasteiger partial charge in [-0.15, -0.1) is 11.3 Å². The van der Waals surface area contributed by atoms with Crippen molar-refractivity contribution in [3.05, 3.63) is 15.6 Å². The zero-order valence-corrected chi connectivity index (χ0v) is 14.2. The van der Waals surface area contributed by atoms with Crippen LogP contribution in [-0.4, -0.2) is 11.0 Å². The van der Waals surface area contributed by atoms with Crippen LogP contribution >= 0.6 is 11.3 Å². The number of nitrogens with zero attached hydrogens (tertiary/aromatic N) is 1. The van der Waals surface area contributed by atoms with Crippen molar-refractivity contribution in [2.75, 3.05) is 0 Å². The molecule has 2 nitrogen and oxygen atoms in total. The van der Waals surface area contributed by atoms with Crippen LogP contribution in [0.2, 0.25) is 0 Å². The van der Waals surface area contributed by atoms with Crippen LogP contribution in [0.25, 0.3) is 0 Å². The first-order chi connectivity index (χ1) is 9.74. The highest BCUT2D eigenvalue weighted by atomic mass is 32.1. The third-order valence-electron chi connectivity index (χ3n) is 4.15. The Bertz CT molecular complexity index is 396. The smallest absolute Gasteiger partial charge is 0.110 e. The second-order valence-corrected chi connectivity index (χ2v) is 7.34. The van der Waals surface area contributed by atoms with Gasteiger partial charge in [-0.05, 0) is 32.6 Å². The summed E-state index contributed by atoms with van der Waals surface area (Å²) in [6, 6.07) is 1.28. The van der Waals surface area contributed by atoms with Gasteiger partial charge in [-0.2, -0.15) is 0 Å². The molecule has 2 rings (SSSR count). The lowest BCUT2D eigenvalue weighted by Gasteiger charge is -2.16. The van der Waals surface area contributed by atoms with Gasteiger partial charge in [0.1, 0.15) is 5.01 Å². The van der Waals surface area contributed by atoms with E-state index in [1.165, 1.54) is 66.9 Å². The molecule has 1 saturated carbocycles. The number of rotatable bonds is 10. The van der Waals surface area contributed by atoms with E-state index in [1.54, 1.807) is 0 Å². The number of aromatic nitrogens is 1. The summed E-state index contributed by atoms with van der Waals surface area (Å²) >= 11 is 1.91. The highest BCUT2D eigenvalue weighted by Gasteiger charge is 2.27. The lowest BCUT2D eigenvalue weighted by atomic mass is 10.1. The largest absolute Gasteiger partial charge is 0.305 e. The van der Waals surface area contributed by atoms with Crippen molar-refractivity contribution in [3.63, 3.8) is 0 Å². The number of unbranched alkanes of at least 4 members (excludes halogenated alkanes) is 4. The van der Waals surface area contributed by atoms with E-state index in [1.807, 2.05) is 11.3 Å². The van der Waals surface area contributed by atoms with Crippen LogP contribution in [0.5, 0.6) is 0 Å². The standard InChI is InChI=1S/C17H30N2S/c1-4-6-7-8-9-10-16(18-14-11-12-14)17-19-15(5-2)13(3)20-17/h14,16,18H,4-12H2,1-3H3. The van der Waals surface area contributed by atoms with Crippen molar-refractivity contribution in [2.24, 2.45) is 0 Å². The van der Waals surface area contributed by atoms with Crippen LogP contribution in [0, 0.1) is 6.92 Å². The van der Waals surface area contributed by atoms with E-state index in [4.69, 9.17) is 4.98 Å². The summed E-state index contributed by atoms with van der Waals surface area (Å²) in [6.07, 6.45) is 11.9. The Labute approximate surface area is 128 Å². The lowest BCUT2D eigenvalue weighted by molar-refractivity contribution is 0.463. The molecule has 1 aromatic heterocycles. The van der Waals surface area contributed by atoms with E-state index in [9.17, 15) is 0 Å². The van der Waals surface area contributed by atoms with Gasteiger partial charge in [0.2, 0.25) is 0 Å². The Morgan fingerprint density at radius 2 is 1.95 bits per heavy atom. The first-order valence-electron chi connectivity index (χ1n) is 8.46. The first kappa shape index (κ1) is 16.0. The van der Waals surface area contributed by atoms with Crippen molar-refractivity contribution in [2.45, 2.75) is 90.6 Å². The molecule has 1 aliphatic rings. The van der Waals surface area contributed by atoms with Crippen LogP contribution in [0.15, 0.2) is 0 Å². The molecule has 0 aromatic carbocycles. The van der Waals surface area contributed by atoms with E-state index in [0.717, 1.165) is 12.5 Å². The van der Waals surface area contributed by atoms with Gasteiger partial charge in [-0.25, -0.2) is 4.98 Å². The molecule has 1 heterocycles. The average molecular weight is 295 g/mol. The Morgan fingerprint density at radius 1 is 1.20 bits per heavy atom. The van der Waals surface area contributed by atoms with Crippen molar-refractivity contribution in [3.8, 4) is 0 Å². The fraction of sp³-hybridized carbons (Fsp3) is 0.824. The predicted octanol–water partition coefficient (Wildman–Crippen LogP) is 5.17. The molecule has 3 heteroatoms. The molecular weight excluding hydrogens is 264 g/mol. The average Bonchev–Trinajstić information content (AvgIpc) is 3.18. The van der Waals surface area contributed by atoms with Crippen LogP contribution in [0.4, 0.5) is 0 Å². The van der Waals surface area contributed by atoms with Gasteiger partial charge in [0.15, 0.2) is 0 Å². The van der Waals surface area contributed by atoms with Crippen molar-refractivity contribution in [1.82, 2.24) is 10.3 Å². The van der Waals surface area contributed by atoms with Crippen LogP contribution in [0.3, 0.4) is 0 Å². The highest BCUT2D eigenvalue weighted by molar-refractivity contribution is 7.11. The summed E-state index contributed by atoms with van der Waals surface area (Å²) in [5.74, 6) is 0.